The molecule has 0 amide bonds. The lowest BCUT2D eigenvalue weighted by molar-refractivity contribution is -0.138. The molecule has 0 heterocycles. The van der Waals surface area contributed by atoms with Crippen LogP contribution < -0.4 is 10.1 Å². The number of aliphatic carboxylic acids is 1. The summed E-state index contributed by atoms with van der Waals surface area (Å²) in [4.78, 5) is 12.4. The smallest absolute Gasteiger partial charge is 0.330 e. The van der Waals surface area contributed by atoms with Gasteiger partial charge in [0.05, 0.1) is 11.6 Å². The maximum absolute atomic E-state index is 12.4. The molecule has 0 saturated carbocycles. The second kappa shape index (κ2) is 11.0. The summed E-state index contributed by atoms with van der Waals surface area (Å²) in [5.41, 5.74) is 4.87. The number of carboxylic acids is 1. The van der Waals surface area contributed by atoms with Crippen molar-refractivity contribution in [1.29, 1.82) is 5.26 Å². The highest BCUT2D eigenvalue weighted by atomic mass is 16.5. The third-order valence-corrected chi connectivity index (χ3v) is 5.29. The van der Waals surface area contributed by atoms with E-state index >= 15 is 0 Å². The quantitative estimate of drug-likeness (QED) is 0.421. The van der Waals surface area contributed by atoms with Crippen LogP contribution in [0.3, 0.4) is 0 Å². The molecule has 32 heavy (non-hydrogen) atoms. The fraction of sp³-hybridized carbons (Fsp3) is 0.259. The zero-order valence-corrected chi connectivity index (χ0v) is 18.5. The van der Waals surface area contributed by atoms with Crippen molar-refractivity contribution >= 4 is 11.7 Å². The third-order valence-electron chi connectivity index (χ3n) is 5.29. The Bertz CT molecular complexity index is 1090. The number of nitrogens with zero attached hydrogens (tertiary/aromatic N) is 1. The number of rotatable bonds is 10. The van der Waals surface area contributed by atoms with Gasteiger partial charge in [0.25, 0.3) is 0 Å². The van der Waals surface area contributed by atoms with Gasteiger partial charge in [-0.2, -0.15) is 5.26 Å². The Labute approximate surface area is 189 Å². The molecule has 2 N–H and O–H groups in total. The van der Waals surface area contributed by atoms with Crippen LogP contribution >= 0.6 is 0 Å². The van der Waals surface area contributed by atoms with Gasteiger partial charge in [-0.3, -0.25) is 0 Å². The van der Waals surface area contributed by atoms with Gasteiger partial charge in [-0.1, -0.05) is 56.7 Å². The molecule has 3 aromatic carbocycles. The molecule has 0 aliphatic rings. The highest BCUT2D eigenvalue weighted by Crippen LogP contribution is 2.35. The number of aryl methyl sites for hydroxylation is 2. The molecule has 0 aliphatic heterocycles. The average molecular weight is 429 g/mol. The molecule has 0 bridgehead atoms. The number of nitrogens with one attached hydrogen (secondary N) is 1. The van der Waals surface area contributed by atoms with E-state index in [0.29, 0.717) is 29.2 Å². The predicted molar refractivity (Wildman–Crippen MR) is 126 cm³/mol. The van der Waals surface area contributed by atoms with Crippen LogP contribution in [0.1, 0.15) is 54.1 Å². The van der Waals surface area contributed by atoms with Gasteiger partial charge >= 0.3 is 5.97 Å². The summed E-state index contributed by atoms with van der Waals surface area (Å²) in [7, 11) is 0. The average Bonchev–Trinajstić information content (AvgIpc) is 2.82. The highest BCUT2D eigenvalue weighted by Gasteiger charge is 2.26. The van der Waals surface area contributed by atoms with Crippen molar-refractivity contribution in [2.45, 2.75) is 45.8 Å². The molecule has 164 valence electrons. The lowest BCUT2D eigenvalue weighted by Gasteiger charge is -2.23. The molecule has 5 heteroatoms. The number of carboxylic acid groups (broad SMARTS) is 1. The molecular weight excluding hydrogens is 400 g/mol. The van der Waals surface area contributed by atoms with Gasteiger partial charge in [0.2, 0.25) is 0 Å². The van der Waals surface area contributed by atoms with Crippen LogP contribution in [-0.2, 0) is 24.2 Å². The minimum atomic E-state index is -0.991. The number of hydrogen-bond donors (Lipinski definition) is 2. The predicted octanol–water partition coefficient (Wildman–Crippen LogP) is 5.89. The van der Waals surface area contributed by atoms with Crippen LogP contribution in [0, 0.1) is 11.3 Å². The molecule has 0 aromatic heterocycles. The zero-order valence-electron chi connectivity index (χ0n) is 18.5. The van der Waals surface area contributed by atoms with E-state index in [1.807, 2.05) is 36.4 Å². The molecule has 0 saturated heterocycles. The Kier molecular flexibility index (Phi) is 7.88. The summed E-state index contributed by atoms with van der Waals surface area (Å²) in [5.74, 6) is -0.365. The largest absolute Gasteiger partial charge is 0.488 e. The Hall–Kier alpha value is -3.78. The van der Waals surface area contributed by atoms with Crippen LogP contribution in [0.4, 0.5) is 5.69 Å². The van der Waals surface area contributed by atoms with Crippen LogP contribution in [0.2, 0.25) is 0 Å². The van der Waals surface area contributed by atoms with Gasteiger partial charge in [-0.15, -0.1) is 0 Å². The molecule has 3 aromatic rings. The van der Waals surface area contributed by atoms with E-state index < -0.39 is 12.0 Å². The van der Waals surface area contributed by atoms with Crippen molar-refractivity contribution in [1.82, 2.24) is 0 Å². The normalized spacial score (nSPS) is 11.4. The minimum absolute atomic E-state index is 0.360. The fourth-order valence-corrected chi connectivity index (χ4v) is 3.64. The lowest BCUT2D eigenvalue weighted by Crippen LogP contribution is -2.22. The third kappa shape index (κ3) is 5.67. The summed E-state index contributed by atoms with van der Waals surface area (Å²) >= 11 is 0. The van der Waals surface area contributed by atoms with Crippen LogP contribution in [-0.4, -0.2) is 11.1 Å². The highest BCUT2D eigenvalue weighted by molar-refractivity contribution is 5.81. The zero-order chi connectivity index (χ0) is 22.9. The van der Waals surface area contributed by atoms with Crippen molar-refractivity contribution in [3.8, 4) is 11.8 Å². The lowest BCUT2D eigenvalue weighted by atomic mass is 9.95. The first-order valence-corrected chi connectivity index (χ1v) is 10.9. The van der Waals surface area contributed by atoms with E-state index in [1.54, 1.807) is 24.3 Å². The van der Waals surface area contributed by atoms with Gasteiger partial charge in [-0.05, 0) is 59.9 Å². The van der Waals surface area contributed by atoms with E-state index in [4.69, 9.17) is 10.00 Å². The second-order valence-corrected chi connectivity index (χ2v) is 7.66. The molecular formula is C27H28N2O3. The first-order valence-electron chi connectivity index (χ1n) is 10.9. The van der Waals surface area contributed by atoms with Crippen LogP contribution in [0.5, 0.6) is 5.75 Å². The van der Waals surface area contributed by atoms with Gasteiger partial charge in [0.1, 0.15) is 12.4 Å². The number of ether oxygens (including phenoxy) is 1. The maximum atomic E-state index is 12.4. The second-order valence-electron chi connectivity index (χ2n) is 7.66. The Balaban J connectivity index is 2.03. The van der Waals surface area contributed by atoms with E-state index in [1.165, 1.54) is 0 Å². The number of benzene rings is 3. The summed E-state index contributed by atoms with van der Waals surface area (Å²) < 4.78 is 6.27. The molecule has 0 spiro atoms. The maximum Gasteiger partial charge on any atom is 0.330 e. The monoisotopic (exact) mass is 428 g/mol. The van der Waals surface area contributed by atoms with Gasteiger partial charge in [0, 0.05) is 11.3 Å². The SMILES string of the molecule is CCCc1cc(CC)cc(C(Nc2ccc(C#N)cc2)C(=O)O)c1OCc1ccccc1. The Morgan fingerprint density at radius 2 is 1.78 bits per heavy atom. The summed E-state index contributed by atoms with van der Waals surface area (Å²) in [6.45, 7) is 4.52. The van der Waals surface area contributed by atoms with Crippen molar-refractivity contribution in [3.63, 3.8) is 0 Å². The van der Waals surface area contributed by atoms with Crippen molar-refractivity contribution in [3.05, 3.63) is 94.5 Å². The van der Waals surface area contributed by atoms with Crippen molar-refractivity contribution in [2.75, 3.05) is 5.32 Å². The molecule has 0 aliphatic carbocycles. The summed E-state index contributed by atoms with van der Waals surface area (Å²) in [5, 5.41) is 22.3. The molecule has 1 unspecified atom stereocenters. The number of carbonyl (C=O) groups is 1. The minimum Gasteiger partial charge on any atom is -0.488 e. The van der Waals surface area contributed by atoms with E-state index in [2.05, 4.69) is 31.3 Å². The molecule has 0 radical (unpaired) electrons. The number of hydrogen-bond acceptors (Lipinski definition) is 4. The molecule has 0 fully saturated rings. The van der Waals surface area contributed by atoms with Gasteiger partial charge in [0.15, 0.2) is 6.04 Å². The molecule has 5 nitrogen and oxygen atoms in total. The van der Waals surface area contributed by atoms with Gasteiger partial charge < -0.3 is 15.2 Å². The Morgan fingerprint density at radius 1 is 1.06 bits per heavy atom. The Morgan fingerprint density at radius 3 is 2.38 bits per heavy atom. The van der Waals surface area contributed by atoms with E-state index in [0.717, 1.165) is 36.0 Å². The fourth-order valence-electron chi connectivity index (χ4n) is 3.64. The molecule has 3 rings (SSSR count). The number of anilines is 1. The van der Waals surface area contributed by atoms with E-state index in [-0.39, 0.29) is 0 Å². The first-order chi connectivity index (χ1) is 15.5. The topological polar surface area (TPSA) is 82.4 Å². The summed E-state index contributed by atoms with van der Waals surface area (Å²) in [6.07, 6.45) is 2.52. The van der Waals surface area contributed by atoms with Crippen LogP contribution in [0.15, 0.2) is 66.7 Å². The van der Waals surface area contributed by atoms with Crippen molar-refractivity contribution < 1.29 is 14.6 Å². The van der Waals surface area contributed by atoms with Crippen molar-refractivity contribution in [2.24, 2.45) is 0 Å². The summed E-state index contributed by atoms with van der Waals surface area (Å²) in [6, 6.07) is 21.7. The number of nitriles is 1. The van der Waals surface area contributed by atoms with Gasteiger partial charge in [-0.25, -0.2) is 4.79 Å². The molecule has 1 atom stereocenters. The van der Waals surface area contributed by atoms with Crippen LogP contribution in [0.25, 0.3) is 0 Å². The van der Waals surface area contributed by atoms with E-state index in [9.17, 15) is 9.90 Å². The standard InChI is InChI=1S/C27H28N2O3/c1-3-8-22-15-19(4-2)16-24(26(22)32-18-21-9-6-5-7-10-21)25(27(30)31)29-23-13-11-20(17-28)12-14-23/h5-7,9-16,25,29H,3-4,8,18H2,1-2H3,(H,30,31). The first kappa shape index (κ1) is 22.9.